The minimum atomic E-state index is -0.0124. The van der Waals surface area contributed by atoms with Crippen LogP contribution in [0, 0.1) is 0 Å². The van der Waals surface area contributed by atoms with Crippen LogP contribution in [-0.4, -0.2) is 17.4 Å². The summed E-state index contributed by atoms with van der Waals surface area (Å²) in [6.45, 7) is 0.655. The Morgan fingerprint density at radius 1 is 1.41 bits per heavy atom. The molecular formula is C16H16Cl2N2OS. The Morgan fingerprint density at radius 3 is 3.09 bits per heavy atom. The summed E-state index contributed by atoms with van der Waals surface area (Å²) >= 11 is 13.6. The number of amides is 1. The number of fused-ring (bicyclic) bond motifs is 1. The van der Waals surface area contributed by atoms with Crippen molar-refractivity contribution in [3.05, 3.63) is 49.9 Å². The average Bonchev–Trinajstić information content (AvgIpc) is 3.07. The number of nitrogens with zero attached hydrogens (tertiary/aromatic N) is 1. The van der Waals surface area contributed by atoms with Gasteiger partial charge in [-0.2, -0.15) is 0 Å². The van der Waals surface area contributed by atoms with Gasteiger partial charge in [-0.05, 0) is 43.4 Å². The normalized spacial score (nSPS) is 16.5. The monoisotopic (exact) mass is 354 g/mol. The lowest BCUT2D eigenvalue weighted by Gasteiger charge is -2.11. The van der Waals surface area contributed by atoms with Crippen LogP contribution < -0.4 is 5.32 Å². The van der Waals surface area contributed by atoms with Crippen molar-refractivity contribution < 1.29 is 4.79 Å². The van der Waals surface area contributed by atoms with E-state index in [-0.39, 0.29) is 11.8 Å². The van der Waals surface area contributed by atoms with E-state index in [0.717, 1.165) is 41.8 Å². The molecule has 1 heterocycles. The smallest absolute Gasteiger partial charge is 0.228 e. The average molecular weight is 355 g/mol. The fourth-order valence-corrected chi connectivity index (χ4v) is 4.23. The minimum absolute atomic E-state index is 0.0124. The number of carbonyl (C=O) groups excluding carboxylic acids is 1. The minimum Gasteiger partial charge on any atom is -0.356 e. The van der Waals surface area contributed by atoms with Crippen molar-refractivity contribution in [2.24, 2.45) is 0 Å². The number of rotatable bonds is 5. The first-order valence-corrected chi connectivity index (χ1v) is 8.92. The van der Waals surface area contributed by atoms with Gasteiger partial charge in [-0.25, -0.2) is 4.98 Å². The molecule has 0 aliphatic heterocycles. The van der Waals surface area contributed by atoms with Gasteiger partial charge in [-0.3, -0.25) is 4.79 Å². The Hall–Kier alpha value is -1.10. The van der Waals surface area contributed by atoms with E-state index < -0.39 is 0 Å². The van der Waals surface area contributed by atoms with Crippen molar-refractivity contribution in [1.82, 2.24) is 10.3 Å². The first-order chi connectivity index (χ1) is 10.6. The van der Waals surface area contributed by atoms with Crippen LogP contribution >= 0.6 is 34.5 Å². The van der Waals surface area contributed by atoms with Gasteiger partial charge in [-0.1, -0.05) is 29.3 Å². The first-order valence-electron chi connectivity index (χ1n) is 7.29. The maximum absolute atomic E-state index is 12.3. The summed E-state index contributed by atoms with van der Waals surface area (Å²) < 4.78 is 0. The van der Waals surface area contributed by atoms with Crippen LogP contribution in [0.1, 0.15) is 34.9 Å². The van der Waals surface area contributed by atoms with Crippen LogP contribution in [0.5, 0.6) is 0 Å². The van der Waals surface area contributed by atoms with Gasteiger partial charge in [0.1, 0.15) is 0 Å². The van der Waals surface area contributed by atoms with E-state index >= 15 is 0 Å². The number of hydrogen-bond acceptors (Lipinski definition) is 3. The highest BCUT2D eigenvalue weighted by molar-refractivity contribution is 7.10. The SMILES string of the molecule is O=C(NCCCc1ccc(Cl)cc1Cl)C1CCc2ncsc21. The number of aromatic nitrogens is 1. The number of nitrogens with one attached hydrogen (secondary N) is 1. The number of halogens is 2. The maximum atomic E-state index is 12.3. The fraction of sp³-hybridized carbons (Fsp3) is 0.375. The molecule has 0 saturated carbocycles. The lowest BCUT2D eigenvalue weighted by molar-refractivity contribution is -0.122. The number of benzene rings is 1. The summed E-state index contributed by atoms with van der Waals surface area (Å²) in [5.41, 5.74) is 3.98. The van der Waals surface area contributed by atoms with Crippen molar-refractivity contribution >= 4 is 40.4 Å². The molecule has 3 rings (SSSR count). The van der Waals surface area contributed by atoms with Crippen molar-refractivity contribution in [2.75, 3.05) is 6.54 Å². The Bertz CT molecular complexity index is 687. The van der Waals surface area contributed by atoms with Gasteiger partial charge in [0.2, 0.25) is 5.91 Å². The fourth-order valence-electron chi connectivity index (χ4n) is 2.75. The van der Waals surface area contributed by atoms with Crippen LogP contribution in [0.15, 0.2) is 23.7 Å². The summed E-state index contributed by atoms with van der Waals surface area (Å²) in [6.07, 6.45) is 3.48. The second-order valence-electron chi connectivity index (χ2n) is 5.38. The Kier molecular flexibility index (Phi) is 5.01. The third-order valence-electron chi connectivity index (χ3n) is 3.91. The zero-order chi connectivity index (χ0) is 15.5. The second kappa shape index (κ2) is 6.99. The number of aryl methyl sites for hydroxylation is 2. The number of hydrogen-bond donors (Lipinski definition) is 1. The summed E-state index contributed by atoms with van der Waals surface area (Å²) in [6, 6.07) is 5.53. The van der Waals surface area contributed by atoms with Gasteiger partial charge in [0.25, 0.3) is 0 Å². The van der Waals surface area contributed by atoms with Crippen LogP contribution in [-0.2, 0) is 17.6 Å². The number of thiazole rings is 1. The van der Waals surface area contributed by atoms with Gasteiger partial charge in [0.15, 0.2) is 0 Å². The molecule has 0 saturated heterocycles. The predicted molar refractivity (Wildman–Crippen MR) is 91.0 cm³/mol. The van der Waals surface area contributed by atoms with E-state index in [1.54, 1.807) is 17.4 Å². The highest BCUT2D eigenvalue weighted by atomic mass is 35.5. The van der Waals surface area contributed by atoms with Crippen molar-refractivity contribution in [3.63, 3.8) is 0 Å². The van der Waals surface area contributed by atoms with Gasteiger partial charge < -0.3 is 5.32 Å². The molecule has 0 bridgehead atoms. The highest BCUT2D eigenvalue weighted by Crippen LogP contribution is 2.35. The number of carbonyl (C=O) groups is 1. The van der Waals surface area contributed by atoms with E-state index in [1.807, 2.05) is 17.6 Å². The van der Waals surface area contributed by atoms with Gasteiger partial charge in [-0.15, -0.1) is 11.3 Å². The lowest BCUT2D eigenvalue weighted by Crippen LogP contribution is -2.29. The summed E-state index contributed by atoms with van der Waals surface area (Å²) in [5.74, 6) is 0.104. The zero-order valence-electron chi connectivity index (χ0n) is 11.9. The van der Waals surface area contributed by atoms with Crippen LogP contribution in [0.3, 0.4) is 0 Å². The van der Waals surface area contributed by atoms with Crippen LogP contribution in [0.25, 0.3) is 0 Å². The molecule has 1 aromatic heterocycles. The standard InChI is InChI=1S/C16H16Cl2N2OS/c17-11-4-3-10(13(18)8-11)2-1-7-19-16(21)12-5-6-14-15(12)22-9-20-14/h3-4,8-9,12H,1-2,5-7H2,(H,19,21). The van der Waals surface area contributed by atoms with E-state index in [4.69, 9.17) is 23.2 Å². The highest BCUT2D eigenvalue weighted by Gasteiger charge is 2.30. The van der Waals surface area contributed by atoms with Gasteiger partial charge in [0, 0.05) is 21.5 Å². The topological polar surface area (TPSA) is 42.0 Å². The van der Waals surface area contributed by atoms with E-state index in [1.165, 1.54) is 0 Å². The molecule has 22 heavy (non-hydrogen) atoms. The molecule has 0 spiro atoms. The molecule has 0 radical (unpaired) electrons. The maximum Gasteiger partial charge on any atom is 0.228 e. The quantitative estimate of drug-likeness (QED) is 0.816. The molecule has 1 aromatic carbocycles. The lowest BCUT2D eigenvalue weighted by atomic mass is 10.1. The molecule has 1 aliphatic rings. The van der Waals surface area contributed by atoms with Crippen LogP contribution in [0.2, 0.25) is 10.0 Å². The zero-order valence-corrected chi connectivity index (χ0v) is 14.3. The summed E-state index contributed by atoms with van der Waals surface area (Å²) in [4.78, 5) is 17.7. The van der Waals surface area contributed by atoms with Gasteiger partial charge in [0.05, 0.1) is 17.1 Å². The summed E-state index contributed by atoms with van der Waals surface area (Å²) in [5, 5.41) is 4.35. The predicted octanol–water partition coefficient (Wildman–Crippen LogP) is 4.23. The summed E-state index contributed by atoms with van der Waals surface area (Å²) in [7, 11) is 0. The third kappa shape index (κ3) is 3.45. The Labute approximate surface area is 143 Å². The molecule has 1 N–H and O–H groups in total. The van der Waals surface area contributed by atoms with Crippen molar-refractivity contribution in [1.29, 1.82) is 0 Å². The van der Waals surface area contributed by atoms with Crippen molar-refractivity contribution in [2.45, 2.75) is 31.6 Å². The van der Waals surface area contributed by atoms with Gasteiger partial charge >= 0.3 is 0 Å². The molecule has 2 aromatic rings. The van der Waals surface area contributed by atoms with E-state index in [0.29, 0.717) is 16.6 Å². The third-order valence-corrected chi connectivity index (χ3v) is 5.48. The Balaban J connectivity index is 1.47. The molecule has 6 heteroatoms. The van der Waals surface area contributed by atoms with E-state index in [9.17, 15) is 4.79 Å². The molecule has 3 nitrogen and oxygen atoms in total. The molecule has 0 fully saturated rings. The molecular weight excluding hydrogens is 339 g/mol. The molecule has 1 atom stereocenters. The van der Waals surface area contributed by atoms with Crippen LogP contribution in [0.4, 0.5) is 0 Å². The molecule has 1 unspecified atom stereocenters. The van der Waals surface area contributed by atoms with E-state index in [2.05, 4.69) is 10.3 Å². The largest absolute Gasteiger partial charge is 0.356 e. The Morgan fingerprint density at radius 2 is 2.27 bits per heavy atom. The molecule has 1 amide bonds. The van der Waals surface area contributed by atoms with Crippen molar-refractivity contribution in [3.8, 4) is 0 Å². The second-order valence-corrected chi connectivity index (χ2v) is 7.11. The molecule has 116 valence electrons. The first kappa shape index (κ1) is 15.8. The molecule has 1 aliphatic carbocycles.